The Labute approximate surface area is 99.7 Å². The van der Waals surface area contributed by atoms with E-state index in [1.54, 1.807) is 7.05 Å². The molecule has 0 aliphatic carbocycles. The highest BCUT2D eigenvalue weighted by Crippen LogP contribution is 2.12. The van der Waals surface area contributed by atoms with E-state index in [0.29, 0.717) is 26.2 Å². The standard InChI is InChI=1S/C11H25NO3S/c1-11(2,3)10-15-7-5-8-16(13,14)9-6-12-4/h12H,5-10H2,1-4H3. The highest BCUT2D eigenvalue weighted by molar-refractivity contribution is 7.91. The molecule has 0 fully saturated rings. The van der Waals surface area contributed by atoms with Crippen LogP contribution in [0, 0.1) is 5.41 Å². The van der Waals surface area contributed by atoms with Gasteiger partial charge in [0.1, 0.15) is 0 Å². The van der Waals surface area contributed by atoms with Crippen LogP contribution in [0.5, 0.6) is 0 Å². The number of nitrogens with one attached hydrogen (secondary N) is 1. The van der Waals surface area contributed by atoms with Crippen molar-refractivity contribution in [3.63, 3.8) is 0 Å². The minimum atomic E-state index is -2.90. The molecule has 0 aliphatic heterocycles. The molecular weight excluding hydrogens is 226 g/mol. The van der Waals surface area contributed by atoms with Gasteiger partial charge in [0.15, 0.2) is 9.84 Å². The van der Waals surface area contributed by atoms with Crippen LogP contribution >= 0.6 is 0 Å². The highest BCUT2D eigenvalue weighted by Gasteiger charge is 2.12. The van der Waals surface area contributed by atoms with Gasteiger partial charge in [0.05, 0.1) is 18.1 Å². The molecule has 0 spiro atoms. The van der Waals surface area contributed by atoms with Crippen molar-refractivity contribution in [3.05, 3.63) is 0 Å². The molecule has 98 valence electrons. The molecule has 0 saturated carbocycles. The maximum absolute atomic E-state index is 11.5. The van der Waals surface area contributed by atoms with Crippen LogP contribution in [0.25, 0.3) is 0 Å². The van der Waals surface area contributed by atoms with E-state index < -0.39 is 9.84 Å². The average molecular weight is 251 g/mol. The summed E-state index contributed by atoms with van der Waals surface area (Å²) in [7, 11) is -1.15. The van der Waals surface area contributed by atoms with Crippen molar-refractivity contribution in [2.24, 2.45) is 5.41 Å². The van der Waals surface area contributed by atoms with Gasteiger partial charge in [-0.2, -0.15) is 0 Å². The lowest BCUT2D eigenvalue weighted by atomic mass is 9.99. The average Bonchev–Trinajstić information content (AvgIpc) is 2.12. The van der Waals surface area contributed by atoms with Gasteiger partial charge in [0, 0.05) is 13.2 Å². The van der Waals surface area contributed by atoms with Crippen molar-refractivity contribution in [2.75, 3.05) is 38.3 Å². The van der Waals surface area contributed by atoms with E-state index in [9.17, 15) is 8.42 Å². The fourth-order valence-corrected chi connectivity index (χ4v) is 2.40. The Morgan fingerprint density at radius 1 is 1.19 bits per heavy atom. The Kier molecular flexibility index (Phi) is 7.19. The molecule has 0 amide bonds. The number of rotatable bonds is 8. The highest BCUT2D eigenvalue weighted by atomic mass is 32.2. The van der Waals surface area contributed by atoms with Crippen LogP contribution in [-0.2, 0) is 14.6 Å². The van der Waals surface area contributed by atoms with Gasteiger partial charge in [0.2, 0.25) is 0 Å². The zero-order valence-corrected chi connectivity index (χ0v) is 11.7. The molecule has 0 saturated heterocycles. The second-order valence-electron chi connectivity index (χ2n) is 5.22. The van der Waals surface area contributed by atoms with Crippen LogP contribution in [0.4, 0.5) is 0 Å². The van der Waals surface area contributed by atoms with Crippen LogP contribution in [0.2, 0.25) is 0 Å². The van der Waals surface area contributed by atoms with Crippen molar-refractivity contribution >= 4 is 9.84 Å². The Bertz CT molecular complexity index is 267. The summed E-state index contributed by atoms with van der Waals surface area (Å²) in [4.78, 5) is 0. The Morgan fingerprint density at radius 3 is 2.31 bits per heavy atom. The van der Waals surface area contributed by atoms with E-state index in [2.05, 4.69) is 26.1 Å². The molecule has 16 heavy (non-hydrogen) atoms. The molecule has 0 aromatic rings. The van der Waals surface area contributed by atoms with Crippen molar-refractivity contribution in [2.45, 2.75) is 27.2 Å². The first-order valence-corrected chi connectivity index (χ1v) is 7.52. The first-order chi connectivity index (χ1) is 7.27. The smallest absolute Gasteiger partial charge is 0.151 e. The van der Waals surface area contributed by atoms with Gasteiger partial charge >= 0.3 is 0 Å². The zero-order valence-electron chi connectivity index (χ0n) is 10.9. The van der Waals surface area contributed by atoms with Crippen molar-refractivity contribution < 1.29 is 13.2 Å². The third kappa shape index (κ3) is 10.4. The fourth-order valence-electron chi connectivity index (χ4n) is 1.12. The van der Waals surface area contributed by atoms with E-state index in [4.69, 9.17) is 4.74 Å². The summed E-state index contributed by atoms with van der Waals surface area (Å²) in [5.74, 6) is 0.432. The number of hydrogen-bond acceptors (Lipinski definition) is 4. The monoisotopic (exact) mass is 251 g/mol. The normalized spacial score (nSPS) is 13.0. The van der Waals surface area contributed by atoms with Crippen LogP contribution in [0.15, 0.2) is 0 Å². The molecule has 0 unspecified atom stereocenters. The van der Waals surface area contributed by atoms with Crippen molar-refractivity contribution in [3.8, 4) is 0 Å². The van der Waals surface area contributed by atoms with Crippen LogP contribution < -0.4 is 5.32 Å². The Morgan fingerprint density at radius 2 is 1.81 bits per heavy atom. The fraction of sp³-hybridized carbons (Fsp3) is 1.00. The Balaban J connectivity index is 3.58. The van der Waals surface area contributed by atoms with Gasteiger partial charge in [0.25, 0.3) is 0 Å². The molecular formula is C11H25NO3S. The summed E-state index contributed by atoms with van der Waals surface area (Å²) < 4.78 is 28.3. The van der Waals surface area contributed by atoms with E-state index >= 15 is 0 Å². The lowest BCUT2D eigenvalue weighted by Crippen LogP contribution is -2.22. The number of hydrogen-bond donors (Lipinski definition) is 1. The molecule has 0 rings (SSSR count). The summed E-state index contributed by atoms with van der Waals surface area (Å²) in [5, 5.41) is 2.83. The van der Waals surface area contributed by atoms with Crippen LogP contribution in [0.3, 0.4) is 0 Å². The van der Waals surface area contributed by atoms with Gasteiger partial charge in [-0.25, -0.2) is 8.42 Å². The van der Waals surface area contributed by atoms with Gasteiger partial charge in [-0.3, -0.25) is 0 Å². The topological polar surface area (TPSA) is 55.4 Å². The largest absolute Gasteiger partial charge is 0.381 e. The summed E-state index contributed by atoms with van der Waals surface area (Å²) >= 11 is 0. The second-order valence-corrected chi connectivity index (χ2v) is 7.53. The maximum atomic E-state index is 11.5. The molecule has 0 atom stereocenters. The lowest BCUT2D eigenvalue weighted by molar-refractivity contribution is 0.0720. The zero-order chi connectivity index (χ0) is 12.7. The van der Waals surface area contributed by atoms with Gasteiger partial charge in [-0.15, -0.1) is 0 Å². The lowest BCUT2D eigenvalue weighted by Gasteiger charge is -2.17. The first-order valence-electron chi connectivity index (χ1n) is 5.70. The minimum Gasteiger partial charge on any atom is -0.381 e. The van der Waals surface area contributed by atoms with Crippen molar-refractivity contribution in [1.29, 1.82) is 0 Å². The van der Waals surface area contributed by atoms with Crippen LogP contribution in [-0.4, -0.2) is 46.7 Å². The van der Waals surface area contributed by atoms with Crippen molar-refractivity contribution in [1.82, 2.24) is 5.32 Å². The molecule has 4 nitrogen and oxygen atoms in total. The van der Waals surface area contributed by atoms with E-state index in [-0.39, 0.29) is 16.9 Å². The SMILES string of the molecule is CNCCS(=O)(=O)CCCOCC(C)(C)C. The first kappa shape index (κ1) is 15.9. The molecule has 0 heterocycles. The van der Waals surface area contributed by atoms with E-state index in [1.165, 1.54) is 0 Å². The van der Waals surface area contributed by atoms with Gasteiger partial charge < -0.3 is 10.1 Å². The molecule has 0 aromatic heterocycles. The minimum absolute atomic E-state index is 0.144. The predicted octanol–water partition coefficient (Wildman–Crippen LogP) is 1.07. The van der Waals surface area contributed by atoms with Gasteiger partial charge in [-0.05, 0) is 18.9 Å². The van der Waals surface area contributed by atoms with Crippen LogP contribution in [0.1, 0.15) is 27.2 Å². The molecule has 0 radical (unpaired) electrons. The summed E-state index contributed by atoms with van der Waals surface area (Å²) in [6, 6.07) is 0. The number of sulfone groups is 1. The second kappa shape index (κ2) is 7.25. The maximum Gasteiger partial charge on any atom is 0.151 e. The van der Waals surface area contributed by atoms with Gasteiger partial charge in [-0.1, -0.05) is 20.8 Å². The summed E-state index contributed by atoms with van der Waals surface area (Å²) in [6.07, 6.45) is 0.585. The molecule has 0 bridgehead atoms. The predicted molar refractivity (Wildman–Crippen MR) is 67.5 cm³/mol. The van der Waals surface area contributed by atoms with E-state index in [0.717, 1.165) is 0 Å². The Hall–Kier alpha value is -0.130. The third-order valence-electron chi connectivity index (χ3n) is 1.94. The molecule has 5 heteroatoms. The molecule has 1 N–H and O–H groups in total. The molecule has 0 aromatic carbocycles. The quantitative estimate of drug-likeness (QED) is 0.656. The molecule has 0 aliphatic rings. The third-order valence-corrected chi connectivity index (χ3v) is 3.68. The summed E-state index contributed by atoms with van der Waals surface area (Å²) in [6.45, 7) is 7.99. The summed E-state index contributed by atoms with van der Waals surface area (Å²) in [5.41, 5.74) is 0.144. The number of ether oxygens (including phenoxy) is 1. The van der Waals surface area contributed by atoms with E-state index in [1.807, 2.05) is 0 Å².